The monoisotopic (exact) mass is 458 g/mol. The van der Waals surface area contributed by atoms with E-state index in [9.17, 15) is 4.79 Å². The maximum Gasteiger partial charge on any atom is 0.250 e. The number of hydrogen-bond donors (Lipinski definition) is 1. The molecule has 0 aliphatic heterocycles. The molecular formula is C26H26N4O2S. The third kappa shape index (κ3) is 6.02. The molecule has 7 heteroatoms. The number of hydrazone groups is 1. The summed E-state index contributed by atoms with van der Waals surface area (Å²) >= 11 is 1.41. The summed E-state index contributed by atoms with van der Waals surface area (Å²) < 4.78 is 7.58. The average Bonchev–Trinajstić information content (AvgIpc) is 3.18. The van der Waals surface area contributed by atoms with Gasteiger partial charge in [-0.3, -0.25) is 4.79 Å². The number of amides is 1. The van der Waals surface area contributed by atoms with Gasteiger partial charge < -0.3 is 9.30 Å². The van der Waals surface area contributed by atoms with Crippen molar-refractivity contribution >= 4 is 34.9 Å². The molecule has 0 atom stereocenters. The van der Waals surface area contributed by atoms with E-state index < -0.39 is 0 Å². The molecule has 0 spiro atoms. The lowest BCUT2D eigenvalue weighted by molar-refractivity contribution is -0.118. The van der Waals surface area contributed by atoms with Crippen LogP contribution in [0.15, 0.2) is 83.1 Å². The number of nitrogens with one attached hydrogen (secondary N) is 1. The predicted octanol–water partition coefficient (Wildman–Crippen LogP) is 5.03. The fraction of sp³-hybridized carbons (Fsp3) is 0.192. The van der Waals surface area contributed by atoms with Crippen LogP contribution in [-0.4, -0.2) is 34.0 Å². The van der Waals surface area contributed by atoms with Crippen molar-refractivity contribution in [3.05, 3.63) is 89.5 Å². The number of rotatable bonds is 9. The highest BCUT2D eigenvalue weighted by atomic mass is 32.2. The maximum atomic E-state index is 12.4. The number of nitrogens with zero attached hydrogens (tertiary/aromatic N) is 3. The Balaban J connectivity index is 1.40. The van der Waals surface area contributed by atoms with E-state index in [0.717, 1.165) is 27.5 Å². The Labute approximate surface area is 197 Å². The zero-order valence-electron chi connectivity index (χ0n) is 18.7. The summed E-state index contributed by atoms with van der Waals surface area (Å²) in [7, 11) is 0. The normalized spacial score (nSPS) is 11.2. The number of aryl methyl sites for hydroxylation is 1. The molecule has 0 radical (unpaired) electrons. The fourth-order valence-corrected chi connectivity index (χ4v) is 4.16. The summed E-state index contributed by atoms with van der Waals surface area (Å²) in [6, 6.07) is 24.0. The van der Waals surface area contributed by atoms with Crippen molar-refractivity contribution in [1.29, 1.82) is 0 Å². The summed E-state index contributed by atoms with van der Waals surface area (Å²) in [5.74, 6) is 0.845. The first-order chi connectivity index (χ1) is 16.1. The molecule has 33 heavy (non-hydrogen) atoms. The van der Waals surface area contributed by atoms with Crippen molar-refractivity contribution < 1.29 is 9.53 Å². The Kier molecular flexibility index (Phi) is 7.42. The largest absolute Gasteiger partial charge is 0.494 e. The molecule has 0 saturated heterocycles. The second kappa shape index (κ2) is 10.8. The predicted molar refractivity (Wildman–Crippen MR) is 134 cm³/mol. The van der Waals surface area contributed by atoms with E-state index in [-0.39, 0.29) is 11.7 Å². The first-order valence-corrected chi connectivity index (χ1v) is 11.8. The number of ether oxygens (including phenoxy) is 1. The molecule has 0 aliphatic rings. The first-order valence-electron chi connectivity index (χ1n) is 10.8. The van der Waals surface area contributed by atoms with Gasteiger partial charge in [0.05, 0.1) is 36.2 Å². The fourth-order valence-electron chi connectivity index (χ4n) is 3.35. The molecule has 6 nitrogen and oxygen atoms in total. The molecule has 1 N–H and O–H groups in total. The van der Waals surface area contributed by atoms with Crippen molar-refractivity contribution in [1.82, 2.24) is 15.0 Å². The van der Waals surface area contributed by atoms with Crippen molar-refractivity contribution in [3.8, 4) is 5.75 Å². The summed E-state index contributed by atoms with van der Waals surface area (Å²) in [5.41, 5.74) is 7.86. The average molecular weight is 459 g/mol. The second-order valence-electron chi connectivity index (χ2n) is 7.54. The molecule has 3 aromatic carbocycles. The maximum absolute atomic E-state index is 12.4. The van der Waals surface area contributed by atoms with Crippen LogP contribution in [0.2, 0.25) is 0 Å². The van der Waals surface area contributed by atoms with Crippen LogP contribution in [0.5, 0.6) is 5.75 Å². The minimum absolute atomic E-state index is 0.184. The smallest absolute Gasteiger partial charge is 0.250 e. The van der Waals surface area contributed by atoms with Crippen LogP contribution in [0.1, 0.15) is 23.6 Å². The Bertz CT molecular complexity index is 1250. The van der Waals surface area contributed by atoms with Gasteiger partial charge in [-0.25, -0.2) is 10.4 Å². The summed E-state index contributed by atoms with van der Waals surface area (Å²) in [4.78, 5) is 17.1. The van der Waals surface area contributed by atoms with Crippen LogP contribution >= 0.6 is 11.8 Å². The Morgan fingerprint density at radius 2 is 1.85 bits per heavy atom. The van der Waals surface area contributed by atoms with Crippen LogP contribution in [0, 0.1) is 6.92 Å². The Morgan fingerprint density at radius 1 is 1.09 bits per heavy atom. The third-order valence-corrected chi connectivity index (χ3v) is 5.98. The summed E-state index contributed by atoms with van der Waals surface area (Å²) in [6.07, 6.45) is 1.62. The molecule has 168 valence electrons. The van der Waals surface area contributed by atoms with Crippen LogP contribution < -0.4 is 10.2 Å². The minimum Gasteiger partial charge on any atom is -0.494 e. The van der Waals surface area contributed by atoms with E-state index in [1.165, 1.54) is 22.9 Å². The molecule has 0 fully saturated rings. The van der Waals surface area contributed by atoms with E-state index in [1.54, 1.807) is 6.21 Å². The van der Waals surface area contributed by atoms with Gasteiger partial charge in [0.2, 0.25) is 0 Å². The summed E-state index contributed by atoms with van der Waals surface area (Å²) in [6.45, 7) is 5.34. The van der Waals surface area contributed by atoms with Gasteiger partial charge in [-0.05, 0) is 61.4 Å². The number of carbonyl (C=O) groups excluding carboxylic acids is 1. The lowest BCUT2D eigenvalue weighted by Crippen LogP contribution is -2.20. The van der Waals surface area contributed by atoms with E-state index in [4.69, 9.17) is 9.72 Å². The highest BCUT2D eigenvalue weighted by Crippen LogP contribution is 2.25. The molecule has 1 heterocycles. The van der Waals surface area contributed by atoms with Crippen molar-refractivity contribution in [2.75, 3.05) is 12.4 Å². The summed E-state index contributed by atoms with van der Waals surface area (Å²) in [5, 5.41) is 4.87. The van der Waals surface area contributed by atoms with Gasteiger partial charge in [0.1, 0.15) is 5.75 Å². The van der Waals surface area contributed by atoms with Gasteiger partial charge in [-0.15, -0.1) is 0 Å². The molecule has 0 unspecified atom stereocenters. The molecule has 4 rings (SSSR count). The number of aromatic nitrogens is 2. The van der Waals surface area contributed by atoms with Gasteiger partial charge in [0, 0.05) is 0 Å². The zero-order valence-corrected chi connectivity index (χ0v) is 19.5. The van der Waals surface area contributed by atoms with Gasteiger partial charge >= 0.3 is 0 Å². The topological polar surface area (TPSA) is 68.5 Å². The second-order valence-corrected chi connectivity index (χ2v) is 8.48. The van der Waals surface area contributed by atoms with Crippen LogP contribution in [-0.2, 0) is 11.3 Å². The lowest BCUT2D eigenvalue weighted by Gasteiger charge is -2.09. The first kappa shape index (κ1) is 22.6. The number of carbonyl (C=O) groups is 1. The van der Waals surface area contributed by atoms with Crippen LogP contribution in [0.3, 0.4) is 0 Å². The standard InChI is InChI=1S/C26H26N4O2S/c1-3-32-22-14-12-20(13-15-22)16-27-29-25(31)18-33-26-28-23-6-4-5-7-24(23)30(26)17-21-10-8-19(2)9-11-21/h4-16H,3,17-18H2,1-2H3,(H,29,31)/b27-16-. The number of para-hydroxylation sites is 2. The van der Waals surface area contributed by atoms with Gasteiger partial charge in [0.15, 0.2) is 5.16 Å². The number of thioether (sulfide) groups is 1. The van der Waals surface area contributed by atoms with Crippen LogP contribution in [0.25, 0.3) is 11.0 Å². The number of fused-ring (bicyclic) bond motifs is 1. The minimum atomic E-state index is -0.184. The SMILES string of the molecule is CCOc1ccc(/C=N\NC(=O)CSc2nc3ccccc3n2Cc2ccc(C)cc2)cc1. The van der Waals surface area contributed by atoms with Crippen molar-refractivity contribution in [3.63, 3.8) is 0 Å². The Morgan fingerprint density at radius 3 is 2.61 bits per heavy atom. The highest BCUT2D eigenvalue weighted by Gasteiger charge is 2.13. The number of hydrogen-bond acceptors (Lipinski definition) is 5. The number of imidazole rings is 1. The van der Waals surface area contributed by atoms with Crippen molar-refractivity contribution in [2.24, 2.45) is 5.10 Å². The number of benzene rings is 3. The molecule has 4 aromatic rings. The molecular weight excluding hydrogens is 432 g/mol. The molecule has 1 aromatic heterocycles. The van der Waals surface area contributed by atoms with Gasteiger partial charge in [-0.2, -0.15) is 5.10 Å². The van der Waals surface area contributed by atoms with Crippen molar-refractivity contribution in [2.45, 2.75) is 25.5 Å². The van der Waals surface area contributed by atoms with E-state index in [2.05, 4.69) is 52.3 Å². The molecule has 0 bridgehead atoms. The van der Waals surface area contributed by atoms with E-state index in [0.29, 0.717) is 13.2 Å². The Hall–Kier alpha value is -3.58. The molecule has 0 saturated carbocycles. The molecule has 0 aliphatic carbocycles. The van der Waals surface area contributed by atoms with Crippen LogP contribution in [0.4, 0.5) is 0 Å². The van der Waals surface area contributed by atoms with E-state index >= 15 is 0 Å². The van der Waals surface area contributed by atoms with E-state index in [1.807, 2.05) is 49.4 Å². The van der Waals surface area contributed by atoms with Gasteiger partial charge in [0.25, 0.3) is 5.91 Å². The highest BCUT2D eigenvalue weighted by molar-refractivity contribution is 7.99. The molecule has 1 amide bonds. The lowest BCUT2D eigenvalue weighted by atomic mass is 10.1. The third-order valence-electron chi connectivity index (χ3n) is 5.01. The van der Waals surface area contributed by atoms with Gasteiger partial charge in [-0.1, -0.05) is 53.7 Å². The zero-order chi connectivity index (χ0) is 23.0. The quantitative estimate of drug-likeness (QED) is 0.217.